The van der Waals surface area contributed by atoms with Crippen LogP contribution in [0.1, 0.15) is 11.3 Å². The van der Waals surface area contributed by atoms with Crippen LogP contribution < -0.4 is 5.73 Å². The van der Waals surface area contributed by atoms with Gasteiger partial charge in [0.1, 0.15) is 0 Å². The molecular formula is C12H13N3. The molecule has 0 aliphatic carbocycles. The zero-order chi connectivity index (χ0) is 10.8. The number of nitrogens with two attached hydrogens (primary N) is 1. The fourth-order valence-corrected chi connectivity index (χ4v) is 1.46. The molecule has 0 aromatic carbocycles. The number of anilines is 1. The molecular weight excluding hydrogens is 186 g/mol. The quantitative estimate of drug-likeness (QED) is 0.767. The van der Waals surface area contributed by atoms with Crippen LogP contribution >= 0.6 is 0 Å². The van der Waals surface area contributed by atoms with E-state index in [1.165, 1.54) is 5.56 Å². The first-order valence-corrected chi connectivity index (χ1v) is 4.81. The molecule has 2 aromatic rings. The fraction of sp³-hybridized carbons (Fsp3) is 0.167. The van der Waals surface area contributed by atoms with E-state index in [1.807, 2.05) is 38.4 Å². The van der Waals surface area contributed by atoms with Gasteiger partial charge in [0.2, 0.25) is 0 Å². The predicted molar refractivity (Wildman–Crippen MR) is 61.4 cm³/mol. The Bertz CT molecular complexity index is 492. The SMILES string of the molecule is Cc1ccncc1-c1cnc(C)c(N)c1. The molecule has 0 radical (unpaired) electrons. The van der Waals surface area contributed by atoms with Crippen LogP contribution in [-0.2, 0) is 0 Å². The summed E-state index contributed by atoms with van der Waals surface area (Å²) >= 11 is 0. The standard InChI is InChI=1S/C12H13N3/c1-8-3-4-14-7-11(8)10-5-12(13)9(2)15-6-10/h3-7H,13H2,1-2H3. The van der Waals surface area contributed by atoms with Crippen molar-refractivity contribution in [1.82, 2.24) is 9.97 Å². The van der Waals surface area contributed by atoms with Crippen LogP contribution in [0.5, 0.6) is 0 Å². The average molecular weight is 199 g/mol. The van der Waals surface area contributed by atoms with Crippen LogP contribution in [0.25, 0.3) is 11.1 Å². The van der Waals surface area contributed by atoms with Crippen LogP contribution in [0.3, 0.4) is 0 Å². The Hall–Kier alpha value is -1.90. The van der Waals surface area contributed by atoms with Gasteiger partial charge in [-0.25, -0.2) is 0 Å². The molecule has 3 nitrogen and oxygen atoms in total. The van der Waals surface area contributed by atoms with Gasteiger partial charge in [0.05, 0.1) is 11.4 Å². The number of pyridine rings is 2. The highest BCUT2D eigenvalue weighted by Gasteiger charge is 2.03. The number of hydrogen-bond donors (Lipinski definition) is 1. The van der Waals surface area contributed by atoms with Crippen molar-refractivity contribution < 1.29 is 0 Å². The molecule has 0 aliphatic heterocycles. The minimum atomic E-state index is 0.718. The summed E-state index contributed by atoms with van der Waals surface area (Å²) in [6.07, 6.45) is 5.45. The average Bonchev–Trinajstić information content (AvgIpc) is 2.23. The van der Waals surface area contributed by atoms with Gasteiger partial charge in [0.15, 0.2) is 0 Å². The van der Waals surface area contributed by atoms with Crippen LogP contribution in [-0.4, -0.2) is 9.97 Å². The Balaban J connectivity index is 2.55. The first kappa shape index (κ1) is 9.65. The van der Waals surface area contributed by atoms with Crippen molar-refractivity contribution in [3.05, 3.63) is 42.0 Å². The molecule has 2 aromatic heterocycles. The lowest BCUT2D eigenvalue weighted by Crippen LogP contribution is -1.94. The van der Waals surface area contributed by atoms with Gasteiger partial charge >= 0.3 is 0 Å². The molecule has 76 valence electrons. The molecule has 0 atom stereocenters. The number of nitrogen functional groups attached to an aromatic ring is 1. The maximum Gasteiger partial charge on any atom is 0.0602 e. The van der Waals surface area contributed by atoms with E-state index in [2.05, 4.69) is 9.97 Å². The maximum atomic E-state index is 5.83. The van der Waals surface area contributed by atoms with E-state index in [9.17, 15) is 0 Å². The van der Waals surface area contributed by atoms with Crippen LogP contribution in [0.4, 0.5) is 5.69 Å². The lowest BCUT2D eigenvalue weighted by atomic mass is 10.0. The van der Waals surface area contributed by atoms with Crippen molar-refractivity contribution in [3.63, 3.8) is 0 Å². The normalized spacial score (nSPS) is 10.3. The number of hydrogen-bond acceptors (Lipinski definition) is 3. The molecule has 15 heavy (non-hydrogen) atoms. The minimum Gasteiger partial charge on any atom is -0.397 e. The predicted octanol–water partition coefficient (Wildman–Crippen LogP) is 2.34. The second-order valence-electron chi connectivity index (χ2n) is 3.59. The van der Waals surface area contributed by atoms with Gasteiger partial charge < -0.3 is 5.73 Å². The molecule has 0 amide bonds. The Morgan fingerprint density at radius 2 is 2.00 bits per heavy atom. The smallest absolute Gasteiger partial charge is 0.0602 e. The van der Waals surface area contributed by atoms with Crippen molar-refractivity contribution in [3.8, 4) is 11.1 Å². The highest BCUT2D eigenvalue weighted by atomic mass is 14.7. The van der Waals surface area contributed by atoms with Gasteiger partial charge in [-0.1, -0.05) is 0 Å². The van der Waals surface area contributed by atoms with Gasteiger partial charge in [-0.2, -0.15) is 0 Å². The second kappa shape index (κ2) is 3.69. The Kier molecular flexibility index (Phi) is 2.37. The van der Waals surface area contributed by atoms with Crippen molar-refractivity contribution in [2.24, 2.45) is 0 Å². The maximum absolute atomic E-state index is 5.83. The second-order valence-corrected chi connectivity index (χ2v) is 3.59. The molecule has 0 aliphatic rings. The van der Waals surface area contributed by atoms with Crippen molar-refractivity contribution >= 4 is 5.69 Å². The van der Waals surface area contributed by atoms with E-state index in [0.717, 1.165) is 22.5 Å². The largest absolute Gasteiger partial charge is 0.397 e. The van der Waals surface area contributed by atoms with Gasteiger partial charge in [0, 0.05) is 29.7 Å². The zero-order valence-corrected chi connectivity index (χ0v) is 8.86. The van der Waals surface area contributed by atoms with E-state index in [4.69, 9.17) is 5.73 Å². The fourth-order valence-electron chi connectivity index (χ4n) is 1.46. The molecule has 2 rings (SSSR count). The Labute approximate surface area is 89.0 Å². The Morgan fingerprint density at radius 1 is 1.20 bits per heavy atom. The molecule has 2 N–H and O–H groups in total. The zero-order valence-electron chi connectivity index (χ0n) is 8.86. The first-order chi connectivity index (χ1) is 7.18. The van der Waals surface area contributed by atoms with Crippen LogP contribution in [0, 0.1) is 13.8 Å². The van der Waals surface area contributed by atoms with E-state index in [0.29, 0.717) is 0 Å². The lowest BCUT2D eigenvalue weighted by molar-refractivity contribution is 1.20. The summed E-state index contributed by atoms with van der Waals surface area (Å²) in [5, 5.41) is 0. The van der Waals surface area contributed by atoms with Gasteiger partial charge in [0.25, 0.3) is 0 Å². The molecule has 0 unspecified atom stereocenters. The molecule has 0 saturated heterocycles. The lowest BCUT2D eigenvalue weighted by Gasteiger charge is -2.06. The van der Waals surface area contributed by atoms with Crippen LogP contribution in [0.15, 0.2) is 30.7 Å². The van der Waals surface area contributed by atoms with Crippen molar-refractivity contribution in [2.75, 3.05) is 5.73 Å². The monoisotopic (exact) mass is 199 g/mol. The highest BCUT2D eigenvalue weighted by Crippen LogP contribution is 2.23. The van der Waals surface area contributed by atoms with Crippen molar-refractivity contribution in [1.29, 1.82) is 0 Å². The minimum absolute atomic E-state index is 0.718. The van der Waals surface area contributed by atoms with Gasteiger partial charge in [-0.15, -0.1) is 0 Å². The summed E-state index contributed by atoms with van der Waals surface area (Å²) in [4.78, 5) is 8.35. The summed E-state index contributed by atoms with van der Waals surface area (Å²) in [5.74, 6) is 0. The third kappa shape index (κ3) is 1.81. The number of aromatic nitrogens is 2. The Morgan fingerprint density at radius 3 is 2.67 bits per heavy atom. The molecule has 0 spiro atoms. The van der Waals surface area contributed by atoms with Crippen LogP contribution in [0.2, 0.25) is 0 Å². The summed E-state index contributed by atoms with van der Waals surface area (Å²) in [6.45, 7) is 3.95. The van der Waals surface area contributed by atoms with E-state index in [1.54, 1.807) is 6.20 Å². The summed E-state index contributed by atoms with van der Waals surface area (Å²) in [5.41, 5.74) is 10.7. The van der Waals surface area contributed by atoms with Gasteiger partial charge in [-0.3, -0.25) is 9.97 Å². The van der Waals surface area contributed by atoms with E-state index >= 15 is 0 Å². The van der Waals surface area contributed by atoms with E-state index in [-0.39, 0.29) is 0 Å². The van der Waals surface area contributed by atoms with Gasteiger partial charge in [-0.05, 0) is 31.5 Å². The summed E-state index contributed by atoms with van der Waals surface area (Å²) in [6, 6.07) is 3.91. The summed E-state index contributed by atoms with van der Waals surface area (Å²) in [7, 11) is 0. The molecule has 3 heteroatoms. The number of nitrogens with zero attached hydrogens (tertiary/aromatic N) is 2. The third-order valence-electron chi connectivity index (χ3n) is 2.48. The molecule has 0 saturated carbocycles. The molecule has 2 heterocycles. The molecule has 0 bridgehead atoms. The molecule has 0 fully saturated rings. The first-order valence-electron chi connectivity index (χ1n) is 4.81. The van der Waals surface area contributed by atoms with E-state index < -0.39 is 0 Å². The van der Waals surface area contributed by atoms with Crippen molar-refractivity contribution in [2.45, 2.75) is 13.8 Å². The number of rotatable bonds is 1. The highest BCUT2D eigenvalue weighted by molar-refractivity contribution is 5.68. The topological polar surface area (TPSA) is 51.8 Å². The third-order valence-corrected chi connectivity index (χ3v) is 2.48. The summed E-state index contributed by atoms with van der Waals surface area (Å²) < 4.78 is 0. The number of aryl methyl sites for hydroxylation is 2.